The van der Waals surface area contributed by atoms with E-state index in [-0.39, 0.29) is 17.4 Å². The minimum atomic E-state index is -0.617. The highest BCUT2D eigenvalue weighted by atomic mass is 32.1. The van der Waals surface area contributed by atoms with Crippen molar-refractivity contribution in [2.75, 3.05) is 26.2 Å². The minimum absolute atomic E-state index is 0.0879. The molecule has 0 radical (unpaired) electrons. The lowest BCUT2D eigenvalue weighted by Crippen LogP contribution is -2.33. The summed E-state index contributed by atoms with van der Waals surface area (Å²) >= 11 is 1.49. The van der Waals surface area contributed by atoms with E-state index in [4.69, 9.17) is 4.74 Å². The molecule has 0 bridgehead atoms. The van der Waals surface area contributed by atoms with Crippen LogP contribution in [0.25, 0.3) is 5.76 Å². The fourth-order valence-corrected chi connectivity index (χ4v) is 5.43. The van der Waals surface area contributed by atoms with Crippen LogP contribution in [0.3, 0.4) is 0 Å². The van der Waals surface area contributed by atoms with E-state index in [1.807, 2.05) is 36.6 Å². The summed E-state index contributed by atoms with van der Waals surface area (Å²) < 4.78 is 5.75. The fourth-order valence-electron chi connectivity index (χ4n) is 4.58. The second-order valence-corrected chi connectivity index (χ2v) is 9.32. The first-order valence-corrected chi connectivity index (χ1v) is 12.2. The Morgan fingerprint density at radius 2 is 2.03 bits per heavy atom. The molecule has 6 nitrogen and oxygen atoms in total. The molecule has 2 aromatic rings. The summed E-state index contributed by atoms with van der Waals surface area (Å²) in [7, 11) is 0. The quantitative estimate of drug-likeness (QED) is 0.367. The van der Waals surface area contributed by atoms with E-state index in [1.54, 1.807) is 11.0 Å². The zero-order valence-electron chi connectivity index (χ0n) is 18.8. The van der Waals surface area contributed by atoms with Crippen molar-refractivity contribution >= 4 is 28.8 Å². The number of thiophene rings is 1. The molecule has 1 amide bonds. The standard InChI is InChI=1S/C25H30N2O4S/c1-4-26(5-2)11-7-12-27-22(20-8-6-13-32-20)21(24(29)25(27)30)23(28)17-9-10-19-18(15-17)14-16(3)31-19/h6,8-10,13,15-16,22,28H,4-5,7,11-12,14H2,1-3H3/t16-,22+/m0/s1. The Morgan fingerprint density at radius 1 is 1.25 bits per heavy atom. The third kappa shape index (κ3) is 4.19. The summed E-state index contributed by atoms with van der Waals surface area (Å²) in [5, 5.41) is 13.1. The van der Waals surface area contributed by atoms with Crippen molar-refractivity contribution in [1.82, 2.24) is 9.80 Å². The van der Waals surface area contributed by atoms with Gasteiger partial charge in [0.15, 0.2) is 0 Å². The lowest BCUT2D eigenvalue weighted by Gasteiger charge is -2.25. The summed E-state index contributed by atoms with van der Waals surface area (Å²) in [6.45, 7) is 9.45. The average molecular weight is 455 g/mol. The summed E-state index contributed by atoms with van der Waals surface area (Å²) in [6, 6.07) is 8.72. The molecule has 0 aliphatic carbocycles. The van der Waals surface area contributed by atoms with Crippen LogP contribution in [0.4, 0.5) is 0 Å². The largest absolute Gasteiger partial charge is 0.507 e. The molecule has 3 heterocycles. The van der Waals surface area contributed by atoms with Crippen molar-refractivity contribution in [3.05, 3.63) is 57.3 Å². The van der Waals surface area contributed by atoms with Crippen LogP contribution in [0.5, 0.6) is 5.75 Å². The van der Waals surface area contributed by atoms with Crippen LogP contribution < -0.4 is 4.74 Å². The van der Waals surface area contributed by atoms with Crippen LogP contribution in [-0.4, -0.2) is 58.9 Å². The molecule has 1 N–H and O–H groups in total. The maximum absolute atomic E-state index is 13.1. The molecule has 1 aromatic heterocycles. The van der Waals surface area contributed by atoms with Crippen LogP contribution in [0.2, 0.25) is 0 Å². The molecule has 1 fully saturated rings. The van der Waals surface area contributed by atoms with Crippen LogP contribution in [0.15, 0.2) is 41.3 Å². The van der Waals surface area contributed by atoms with Gasteiger partial charge in [-0.3, -0.25) is 9.59 Å². The van der Waals surface area contributed by atoms with E-state index in [1.165, 1.54) is 11.3 Å². The van der Waals surface area contributed by atoms with Gasteiger partial charge in [-0.05, 0) is 68.2 Å². The molecule has 0 unspecified atom stereocenters. The molecule has 32 heavy (non-hydrogen) atoms. The van der Waals surface area contributed by atoms with E-state index >= 15 is 0 Å². The Kier molecular flexibility index (Phi) is 6.67. The zero-order valence-corrected chi connectivity index (χ0v) is 19.7. The second-order valence-electron chi connectivity index (χ2n) is 8.34. The number of carbonyl (C=O) groups excluding carboxylic acids is 2. The Hall–Kier alpha value is -2.64. The van der Waals surface area contributed by atoms with E-state index in [0.717, 1.165) is 48.7 Å². The van der Waals surface area contributed by atoms with Crippen molar-refractivity contribution in [1.29, 1.82) is 0 Å². The maximum atomic E-state index is 13.1. The van der Waals surface area contributed by atoms with Crippen molar-refractivity contribution in [3.63, 3.8) is 0 Å². The molecule has 170 valence electrons. The maximum Gasteiger partial charge on any atom is 0.295 e. The Bertz CT molecular complexity index is 1030. The van der Waals surface area contributed by atoms with E-state index in [9.17, 15) is 14.7 Å². The molecule has 4 rings (SSSR count). The fraction of sp³-hybridized carbons (Fsp3) is 0.440. The van der Waals surface area contributed by atoms with Gasteiger partial charge >= 0.3 is 0 Å². The van der Waals surface area contributed by atoms with Gasteiger partial charge in [-0.2, -0.15) is 0 Å². The lowest BCUT2D eigenvalue weighted by molar-refractivity contribution is -0.139. The van der Waals surface area contributed by atoms with Crippen LogP contribution in [0.1, 0.15) is 49.2 Å². The number of aliphatic hydroxyl groups excluding tert-OH is 1. The number of carbonyl (C=O) groups is 2. The number of hydrogen-bond donors (Lipinski definition) is 1. The number of ether oxygens (including phenoxy) is 1. The van der Waals surface area contributed by atoms with Gasteiger partial charge in [-0.1, -0.05) is 19.9 Å². The lowest BCUT2D eigenvalue weighted by atomic mass is 9.98. The van der Waals surface area contributed by atoms with Gasteiger partial charge in [0.25, 0.3) is 11.7 Å². The molecule has 7 heteroatoms. The molecular weight excluding hydrogens is 424 g/mol. The van der Waals surface area contributed by atoms with Crippen LogP contribution in [0, 0.1) is 0 Å². The second kappa shape index (κ2) is 9.46. The van der Waals surface area contributed by atoms with Gasteiger partial charge in [0.2, 0.25) is 0 Å². The number of benzene rings is 1. The number of fused-ring (bicyclic) bond motifs is 1. The number of nitrogens with zero attached hydrogens (tertiary/aromatic N) is 2. The summed E-state index contributed by atoms with van der Waals surface area (Å²) in [4.78, 5) is 30.9. The highest BCUT2D eigenvalue weighted by Crippen LogP contribution is 2.42. The van der Waals surface area contributed by atoms with Gasteiger partial charge in [0, 0.05) is 23.4 Å². The number of Topliss-reactive ketones (excluding diaryl/α,β-unsaturated/α-hetero) is 1. The normalized spacial score (nSPS) is 21.9. The number of amides is 1. The van der Waals surface area contributed by atoms with Gasteiger partial charge in [0.05, 0.1) is 11.6 Å². The predicted octanol–water partition coefficient (Wildman–Crippen LogP) is 4.23. The first kappa shape index (κ1) is 22.6. The first-order valence-electron chi connectivity index (χ1n) is 11.3. The Morgan fingerprint density at radius 3 is 2.72 bits per heavy atom. The molecule has 1 saturated heterocycles. The Balaban J connectivity index is 1.68. The van der Waals surface area contributed by atoms with Gasteiger partial charge in [0.1, 0.15) is 17.6 Å². The third-order valence-corrected chi connectivity index (χ3v) is 7.21. The SMILES string of the molecule is CCN(CC)CCCN1C(=O)C(=O)C(=C(O)c2ccc3c(c2)C[C@H](C)O3)[C@H]1c1cccs1. The third-order valence-electron chi connectivity index (χ3n) is 6.29. The molecule has 0 saturated carbocycles. The van der Waals surface area contributed by atoms with E-state index in [2.05, 4.69) is 18.7 Å². The van der Waals surface area contributed by atoms with Gasteiger partial charge in [-0.15, -0.1) is 11.3 Å². The number of likely N-dealkylation sites (tertiary alicyclic amines) is 1. The smallest absolute Gasteiger partial charge is 0.295 e. The monoisotopic (exact) mass is 454 g/mol. The molecule has 2 atom stereocenters. The number of ketones is 1. The number of hydrogen-bond acceptors (Lipinski definition) is 6. The summed E-state index contributed by atoms with van der Waals surface area (Å²) in [5.74, 6) is -0.465. The highest BCUT2D eigenvalue weighted by Gasteiger charge is 2.46. The molecule has 2 aliphatic rings. The highest BCUT2D eigenvalue weighted by molar-refractivity contribution is 7.10. The van der Waals surface area contributed by atoms with Crippen molar-refractivity contribution in [3.8, 4) is 5.75 Å². The van der Waals surface area contributed by atoms with E-state index < -0.39 is 17.7 Å². The zero-order chi connectivity index (χ0) is 22.8. The summed E-state index contributed by atoms with van der Waals surface area (Å²) in [5.41, 5.74) is 1.72. The average Bonchev–Trinajstić information content (AvgIpc) is 3.49. The van der Waals surface area contributed by atoms with Gasteiger partial charge < -0.3 is 19.6 Å². The van der Waals surface area contributed by atoms with Gasteiger partial charge in [-0.25, -0.2) is 0 Å². The Labute approximate surface area is 193 Å². The first-order chi connectivity index (χ1) is 15.4. The van der Waals surface area contributed by atoms with Crippen molar-refractivity contribution in [2.45, 2.75) is 45.8 Å². The molecular formula is C25H30N2O4S. The summed E-state index contributed by atoms with van der Waals surface area (Å²) in [6.07, 6.45) is 1.61. The van der Waals surface area contributed by atoms with E-state index in [0.29, 0.717) is 12.1 Å². The number of aliphatic hydroxyl groups is 1. The van der Waals surface area contributed by atoms with Crippen LogP contribution in [-0.2, 0) is 16.0 Å². The predicted molar refractivity (Wildman–Crippen MR) is 126 cm³/mol. The molecule has 1 aromatic carbocycles. The molecule has 0 spiro atoms. The number of rotatable bonds is 8. The van der Waals surface area contributed by atoms with Crippen molar-refractivity contribution < 1.29 is 19.4 Å². The molecule has 2 aliphatic heterocycles. The van der Waals surface area contributed by atoms with Crippen molar-refractivity contribution in [2.24, 2.45) is 0 Å². The topological polar surface area (TPSA) is 70.1 Å². The van der Waals surface area contributed by atoms with Crippen LogP contribution >= 0.6 is 11.3 Å². The minimum Gasteiger partial charge on any atom is -0.507 e.